The van der Waals surface area contributed by atoms with Crippen molar-refractivity contribution < 1.29 is 13.2 Å². The molecule has 0 aromatic heterocycles. The molecule has 1 fully saturated rings. The molecule has 3 N–H and O–H groups in total. The molecule has 0 heterocycles. The minimum absolute atomic E-state index is 0. The SMILES string of the molecule is CC(C)C(C(=O)NCCc1ccc(N)cc1)S(=O)(=O)C1CCCCC1.Cl. The van der Waals surface area contributed by atoms with Crippen molar-refractivity contribution in [1.29, 1.82) is 0 Å². The number of amides is 1. The van der Waals surface area contributed by atoms with Crippen molar-refractivity contribution in [2.45, 2.75) is 62.9 Å². The summed E-state index contributed by atoms with van der Waals surface area (Å²) in [7, 11) is -3.45. The Kier molecular flexibility index (Phi) is 8.90. The summed E-state index contributed by atoms with van der Waals surface area (Å²) in [5.41, 5.74) is 7.42. The number of carbonyl (C=O) groups excluding carboxylic acids is 1. The summed E-state index contributed by atoms with van der Waals surface area (Å²) in [5, 5.41) is 1.50. The van der Waals surface area contributed by atoms with Crippen molar-refractivity contribution in [2.24, 2.45) is 5.92 Å². The Bertz CT molecular complexity index is 669. The molecule has 0 saturated heterocycles. The van der Waals surface area contributed by atoms with Gasteiger partial charge in [-0.1, -0.05) is 45.2 Å². The Balaban J connectivity index is 0.00000338. The fourth-order valence-electron chi connectivity index (χ4n) is 3.55. The minimum atomic E-state index is -3.45. The van der Waals surface area contributed by atoms with E-state index < -0.39 is 15.1 Å². The molecule has 1 aliphatic carbocycles. The molecule has 1 aromatic rings. The molecule has 1 aromatic carbocycles. The molecule has 0 spiro atoms. The second-order valence-electron chi connectivity index (χ2n) is 7.30. The predicted octanol–water partition coefficient (Wildman–Crippen LogP) is 3.12. The number of carbonyl (C=O) groups is 1. The van der Waals surface area contributed by atoms with Gasteiger partial charge < -0.3 is 11.1 Å². The Morgan fingerprint density at radius 1 is 1.15 bits per heavy atom. The molecule has 1 unspecified atom stereocenters. The minimum Gasteiger partial charge on any atom is -0.399 e. The van der Waals surface area contributed by atoms with Crippen LogP contribution in [0.15, 0.2) is 24.3 Å². The molecular weight excluding hydrogens is 372 g/mol. The smallest absolute Gasteiger partial charge is 0.238 e. The maximum absolute atomic E-state index is 13.0. The van der Waals surface area contributed by atoms with Gasteiger partial charge in [0.1, 0.15) is 5.25 Å². The third-order valence-corrected chi connectivity index (χ3v) is 7.79. The van der Waals surface area contributed by atoms with Crippen LogP contribution in [0.5, 0.6) is 0 Å². The second-order valence-corrected chi connectivity index (χ2v) is 9.65. The maximum atomic E-state index is 13.0. The normalized spacial score (nSPS) is 16.7. The van der Waals surface area contributed by atoms with Gasteiger partial charge in [0, 0.05) is 12.2 Å². The molecule has 0 radical (unpaired) electrons. The van der Waals surface area contributed by atoms with Crippen LogP contribution in [0.3, 0.4) is 0 Å². The fourth-order valence-corrected chi connectivity index (χ4v) is 6.09. The summed E-state index contributed by atoms with van der Waals surface area (Å²) in [6.07, 6.45) is 4.99. The number of hydrogen-bond acceptors (Lipinski definition) is 4. The van der Waals surface area contributed by atoms with Gasteiger partial charge in [-0.3, -0.25) is 4.79 Å². The summed E-state index contributed by atoms with van der Waals surface area (Å²) in [4.78, 5) is 12.6. The molecule has 1 atom stereocenters. The zero-order chi connectivity index (χ0) is 18.4. The number of nitrogen functional groups attached to an aromatic ring is 1. The van der Waals surface area contributed by atoms with Crippen molar-refractivity contribution in [3.8, 4) is 0 Å². The van der Waals surface area contributed by atoms with Gasteiger partial charge in [0.15, 0.2) is 9.84 Å². The van der Waals surface area contributed by atoms with E-state index in [0.717, 1.165) is 24.8 Å². The highest BCUT2D eigenvalue weighted by molar-refractivity contribution is 7.93. The number of halogens is 1. The molecule has 1 aliphatic rings. The van der Waals surface area contributed by atoms with Crippen molar-refractivity contribution in [2.75, 3.05) is 12.3 Å². The lowest BCUT2D eigenvalue weighted by molar-refractivity contribution is -0.121. The number of sulfone groups is 1. The summed E-state index contributed by atoms with van der Waals surface area (Å²) in [6.45, 7) is 4.04. The molecular formula is C19H31ClN2O3S. The fraction of sp³-hybridized carbons (Fsp3) is 0.632. The van der Waals surface area contributed by atoms with Crippen LogP contribution >= 0.6 is 12.4 Å². The third kappa shape index (κ3) is 5.88. The molecule has 1 saturated carbocycles. The van der Waals surface area contributed by atoms with Crippen molar-refractivity contribution >= 4 is 33.8 Å². The first-order chi connectivity index (χ1) is 11.8. The first-order valence-corrected chi connectivity index (χ1v) is 10.8. The van der Waals surface area contributed by atoms with E-state index in [0.29, 0.717) is 31.5 Å². The molecule has 148 valence electrons. The van der Waals surface area contributed by atoms with Crippen LogP contribution in [0.1, 0.15) is 51.5 Å². The molecule has 0 aliphatic heterocycles. The van der Waals surface area contributed by atoms with Crippen LogP contribution in [0.4, 0.5) is 5.69 Å². The Labute approximate surface area is 163 Å². The average Bonchev–Trinajstić information content (AvgIpc) is 2.57. The number of nitrogens with two attached hydrogens (primary N) is 1. The molecule has 2 rings (SSSR count). The lowest BCUT2D eigenvalue weighted by Crippen LogP contribution is -2.47. The molecule has 0 bridgehead atoms. The highest BCUT2D eigenvalue weighted by Crippen LogP contribution is 2.29. The highest BCUT2D eigenvalue weighted by atomic mass is 35.5. The van der Waals surface area contributed by atoms with Crippen molar-refractivity contribution in [3.05, 3.63) is 29.8 Å². The topological polar surface area (TPSA) is 89.3 Å². The summed E-state index contributed by atoms with van der Waals surface area (Å²) < 4.78 is 25.9. The van der Waals surface area contributed by atoms with Crippen LogP contribution < -0.4 is 11.1 Å². The summed E-state index contributed by atoms with van der Waals surface area (Å²) in [5.74, 6) is -0.598. The molecule has 5 nitrogen and oxygen atoms in total. The number of hydrogen-bond donors (Lipinski definition) is 2. The van der Waals surface area contributed by atoms with E-state index in [1.807, 2.05) is 38.1 Å². The van der Waals surface area contributed by atoms with Gasteiger partial charge in [-0.2, -0.15) is 0 Å². The van der Waals surface area contributed by atoms with Crippen LogP contribution in [0.2, 0.25) is 0 Å². The Hall–Kier alpha value is -1.27. The van der Waals surface area contributed by atoms with Gasteiger partial charge >= 0.3 is 0 Å². The van der Waals surface area contributed by atoms with E-state index in [1.165, 1.54) is 0 Å². The van der Waals surface area contributed by atoms with Gasteiger partial charge in [0.2, 0.25) is 5.91 Å². The lowest BCUT2D eigenvalue weighted by atomic mass is 10.0. The van der Waals surface area contributed by atoms with E-state index in [4.69, 9.17) is 5.73 Å². The van der Waals surface area contributed by atoms with Crippen LogP contribution in [0.25, 0.3) is 0 Å². The van der Waals surface area contributed by atoms with Crippen LogP contribution in [-0.2, 0) is 21.1 Å². The van der Waals surface area contributed by atoms with E-state index in [9.17, 15) is 13.2 Å². The van der Waals surface area contributed by atoms with Gasteiger partial charge in [0.25, 0.3) is 0 Å². The monoisotopic (exact) mass is 402 g/mol. The molecule has 26 heavy (non-hydrogen) atoms. The number of nitrogens with one attached hydrogen (secondary N) is 1. The third-order valence-electron chi connectivity index (χ3n) is 4.93. The Morgan fingerprint density at radius 2 is 1.73 bits per heavy atom. The van der Waals surface area contributed by atoms with E-state index in [-0.39, 0.29) is 29.5 Å². The van der Waals surface area contributed by atoms with Gasteiger partial charge in [-0.05, 0) is 42.9 Å². The largest absolute Gasteiger partial charge is 0.399 e. The zero-order valence-corrected chi connectivity index (χ0v) is 17.2. The van der Waals surface area contributed by atoms with E-state index in [2.05, 4.69) is 5.32 Å². The zero-order valence-electron chi connectivity index (χ0n) is 15.6. The first kappa shape index (κ1) is 22.8. The number of benzene rings is 1. The maximum Gasteiger partial charge on any atom is 0.238 e. The van der Waals surface area contributed by atoms with Crippen molar-refractivity contribution in [3.63, 3.8) is 0 Å². The number of rotatable bonds is 7. The number of anilines is 1. The summed E-state index contributed by atoms with van der Waals surface area (Å²) in [6, 6.07) is 7.48. The van der Waals surface area contributed by atoms with Crippen molar-refractivity contribution in [1.82, 2.24) is 5.32 Å². The van der Waals surface area contributed by atoms with Gasteiger partial charge in [-0.25, -0.2) is 8.42 Å². The van der Waals surface area contributed by atoms with Gasteiger partial charge in [-0.15, -0.1) is 12.4 Å². The van der Waals surface area contributed by atoms with Crippen LogP contribution in [0, 0.1) is 5.92 Å². The quantitative estimate of drug-likeness (QED) is 0.685. The highest BCUT2D eigenvalue weighted by Gasteiger charge is 2.40. The van der Waals surface area contributed by atoms with Gasteiger partial charge in [0.05, 0.1) is 5.25 Å². The van der Waals surface area contributed by atoms with E-state index in [1.54, 1.807) is 0 Å². The standard InChI is InChI=1S/C19H30N2O3S.ClH/c1-14(2)18(25(23,24)17-6-4-3-5-7-17)19(22)21-13-12-15-8-10-16(20)11-9-15;/h8-11,14,17-18H,3-7,12-13,20H2,1-2H3,(H,21,22);1H. The van der Waals surface area contributed by atoms with E-state index >= 15 is 0 Å². The predicted molar refractivity (Wildman–Crippen MR) is 109 cm³/mol. The Morgan fingerprint density at radius 3 is 2.27 bits per heavy atom. The lowest BCUT2D eigenvalue weighted by Gasteiger charge is -2.28. The first-order valence-electron chi connectivity index (χ1n) is 9.17. The average molecular weight is 403 g/mol. The van der Waals surface area contributed by atoms with Crippen LogP contribution in [-0.4, -0.2) is 31.4 Å². The molecule has 1 amide bonds. The molecule has 7 heteroatoms. The second kappa shape index (κ2) is 10.2. The summed E-state index contributed by atoms with van der Waals surface area (Å²) >= 11 is 0.